The van der Waals surface area contributed by atoms with Crippen molar-refractivity contribution in [3.05, 3.63) is 40.7 Å². The molecule has 1 heterocycles. The van der Waals surface area contributed by atoms with Crippen molar-refractivity contribution < 1.29 is 14.3 Å². The highest BCUT2D eigenvalue weighted by Gasteiger charge is 2.10. The molecule has 0 bridgehead atoms. The first-order valence-electron chi connectivity index (χ1n) is 4.53. The van der Waals surface area contributed by atoms with Gasteiger partial charge in [-0.1, -0.05) is 0 Å². The van der Waals surface area contributed by atoms with Crippen molar-refractivity contribution in [2.75, 3.05) is 0 Å². The van der Waals surface area contributed by atoms with Crippen molar-refractivity contribution in [3.63, 3.8) is 0 Å². The molecule has 0 unspecified atom stereocenters. The molecular weight excluding hydrogens is 229 g/mol. The molecule has 0 aliphatic rings. The van der Waals surface area contributed by atoms with Crippen molar-refractivity contribution in [3.8, 4) is 10.6 Å². The van der Waals surface area contributed by atoms with E-state index in [1.54, 1.807) is 19.1 Å². The van der Waals surface area contributed by atoms with Crippen LogP contribution in [0.25, 0.3) is 10.6 Å². The monoisotopic (exact) mass is 237 g/mol. The summed E-state index contributed by atoms with van der Waals surface area (Å²) in [6.45, 7) is 1.66. The molecule has 0 aliphatic carbocycles. The topological polar surface area (TPSA) is 50.2 Å². The highest BCUT2D eigenvalue weighted by Crippen LogP contribution is 2.25. The fourth-order valence-electron chi connectivity index (χ4n) is 1.28. The van der Waals surface area contributed by atoms with Crippen LogP contribution in [0, 0.1) is 12.7 Å². The molecule has 16 heavy (non-hydrogen) atoms. The van der Waals surface area contributed by atoms with E-state index in [0.29, 0.717) is 10.6 Å². The molecule has 2 aromatic rings. The quantitative estimate of drug-likeness (QED) is 0.873. The van der Waals surface area contributed by atoms with E-state index in [4.69, 9.17) is 5.11 Å². The molecule has 82 valence electrons. The largest absolute Gasteiger partial charge is 0.476 e. The third-order valence-corrected chi connectivity index (χ3v) is 3.02. The minimum Gasteiger partial charge on any atom is -0.476 e. The van der Waals surface area contributed by atoms with Crippen LogP contribution in [0.1, 0.15) is 16.1 Å². The van der Waals surface area contributed by atoms with Gasteiger partial charge in [0.25, 0.3) is 0 Å². The normalized spacial score (nSPS) is 10.4. The Hall–Kier alpha value is -1.75. The maximum atomic E-state index is 13.0. The lowest BCUT2D eigenvalue weighted by atomic mass is 10.1. The van der Waals surface area contributed by atoms with E-state index in [0.717, 1.165) is 5.56 Å². The fourth-order valence-corrected chi connectivity index (χ4v) is 2.07. The van der Waals surface area contributed by atoms with Crippen LogP contribution in [-0.2, 0) is 0 Å². The number of hydrogen-bond donors (Lipinski definition) is 1. The zero-order valence-corrected chi connectivity index (χ0v) is 9.21. The number of benzene rings is 1. The van der Waals surface area contributed by atoms with Gasteiger partial charge in [0.1, 0.15) is 10.8 Å². The summed E-state index contributed by atoms with van der Waals surface area (Å²) in [5, 5.41) is 10.8. The van der Waals surface area contributed by atoms with Gasteiger partial charge in [-0.3, -0.25) is 0 Å². The Bertz CT molecular complexity index is 551. The van der Waals surface area contributed by atoms with Crippen LogP contribution >= 0.6 is 11.3 Å². The molecule has 0 saturated heterocycles. The molecule has 0 spiro atoms. The van der Waals surface area contributed by atoms with Crippen molar-refractivity contribution in [2.24, 2.45) is 0 Å². The Morgan fingerprint density at radius 2 is 2.25 bits per heavy atom. The number of carboxylic acid groups (broad SMARTS) is 1. The van der Waals surface area contributed by atoms with Gasteiger partial charge in [-0.25, -0.2) is 14.2 Å². The molecular formula is C11H8FNO2S. The highest BCUT2D eigenvalue weighted by atomic mass is 32.1. The van der Waals surface area contributed by atoms with Gasteiger partial charge in [0.2, 0.25) is 0 Å². The summed E-state index contributed by atoms with van der Waals surface area (Å²) in [5.41, 5.74) is 1.27. The van der Waals surface area contributed by atoms with Crippen LogP contribution in [0.15, 0.2) is 23.6 Å². The van der Waals surface area contributed by atoms with Crippen molar-refractivity contribution in [1.29, 1.82) is 0 Å². The maximum absolute atomic E-state index is 13.0. The SMILES string of the molecule is Cc1cc(-c2nc(C(=O)O)cs2)ccc1F. The summed E-state index contributed by atoms with van der Waals surface area (Å²) in [4.78, 5) is 14.6. The summed E-state index contributed by atoms with van der Waals surface area (Å²) in [6.07, 6.45) is 0. The summed E-state index contributed by atoms with van der Waals surface area (Å²) in [7, 11) is 0. The van der Waals surface area contributed by atoms with E-state index in [1.165, 1.54) is 22.8 Å². The van der Waals surface area contributed by atoms with E-state index >= 15 is 0 Å². The molecule has 0 aliphatic heterocycles. The number of aromatic nitrogens is 1. The van der Waals surface area contributed by atoms with E-state index in [1.807, 2.05) is 0 Å². The Balaban J connectivity index is 2.42. The molecule has 1 N–H and O–H groups in total. The van der Waals surface area contributed by atoms with Gasteiger partial charge in [0, 0.05) is 10.9 Å². The molecule has 1 aromatic heterocycles. The lowest BCUT2D eigenvalue weighted by Gasteiger charge is -1.99. The molecule has 0 amide bonds. The van der Waals surface area contributed by atoms with E-state index in [9.17, 15) is 9.18 Å². The fraction of sp³-hybridized carbons (Fsp3) is 0.0909. The molecule has 0 fully saturated rings. The first kappa shape index (κ1) is 10.8. The average Bonchev–Trinajstić information content (AvgIpc) is 2.71. The molecule has 0 saturated carbocycles. The van der Waals surface area contributed by atoms with Crippen molar-refractivity contribution in [1.82, 2.24) is 4.98 Å². The van der Waals surface area contributed by atoms with E-state index in [2.05, 4.69) is 4.98 Å². The Morgan fingerprint density at radius 3 is 2.81 bits per heavy atom. The molecule has 0 atom stereocenters. The van der Waals surface area contributed by atoms with Gasteiger partial charge in [-0.05, 0) is 30.7 Å². The number of thiazole rings is 1. The van der Waals surface area contributed by atoms with Gasteiger partial charge in [0.15, 0.2) is 5.69 Å². The lowest BCUT2D eigenvalue weighted by molar-refractivity contribution is 0.0691. The highest BCUT2D eigenvalue weighted by molar-refractivity contribution is 7.13. The second-order valence-electron chi connectivity index (χ2n) is 3.31. The van der Waals surface area contributed by atoms with Crippen LogP contribution in [0.3, 0.4) is 0 Å². The molecule has 2 rings (SSSR count). The molecule has 0 radical (unpaired) electrons. The first-order valence-corrected chi connectivity index (χ1v) is 5.41. The summed E-state index contributed by atoms with van der Waals surface area (Å²) < 4.78 is 13.0. The van der Waals surface area contributed by atoms with Gasteiger partial charge < -0.3 is 5.11 Å². The zero-order chi connectivity index (χ0) is 11.7. The van der Waals surface area contributed by atoms with Crippen LogP contribution in [0.4, 0.5) is 4.39 Å². The van der Waals surface area contributed by atoms with Crippen molar-refractivity contribution in [2.45, 2.75) is 6.92 Å². The molecule has 1 aromatic carbocycles. The lowest BCUT2D eigenvalue weighted by Crippen LogP contribution is -1.95. The second kappa shape index (κ2) is 4.02. The van der Waals surface area contributed by atoms with Gasteiger partial charge in [-0.2, -0.15) is 0 Å². The minimum absolute atomic E-state index is 0.0157. The molecule has 5 heteroatoms. The maximum Gasteiger partial charge on any atom is 0.355 e. The van der Waals surface area contributed by atoms with Crippen molar-refractivity contribution >= 4 is 17.3 Å². The number of carboxylic acids is 1. The second-order valence-corrected chi connectivity index (χ2v) is 4.17. The Morgan fingerprint density at radius 1 is 1.50 bits per heavy atom. The number of aromatic carboxylic acids is 1. The first-order chi connectivity index (χ1) is 7.58. The summed E-state index contributed by atoms with van der Waals surface area (Å²) in [6, 6.07) is 4.60. The standard InChI is InChI=1S/C11H8FNO2S/c1-6-4-7(2-3-8(6)12)10-13-9(5-16-10)11(14)15/h2-5H,1H3,(H,14,15). The van der Waals surface area contributed by atoms with Gasteiger partial charge >= 0.3 is 5.97 Å². The Kier molecular flexibility index (Phi) is 2.70. The summed E-state index contributed by atoms with van der Waals surface area (Å²) >= 11 is 1.23. The van der Waals surface area contributed by atoms with E-state index < -0.39 is 5.97 Å². The van der Waals surface area contributed by atoms with E-state index in [-0.39, 0.29) is 11.5 Å². The molecule has 3 nitrogen and oxygen atoms in total. The van der Waals surface area contributed by atoms with Gasteiger partial charge in [-0.15, -0.1) is 11.3 Å². The zero-order valence-electron chi connectivity index (χ0n) is 8.40. The van der Waals surface area contributed by atoms with Crippen LogP contribution < -0.4 is 0 Å². The van der Waals surface area contributed by atoms with Crippen LogP contribution in [-0.4, -0.2) is 16.1 Å². The number of halogens is 1. The smallest absolute Gasteiger partial charge is 0.355 e. The number of nitrogens with zero attached hydrogens (tertiary/aromatic N) is 1. The summed E-state index contributed by atoms with van der Waals surface area (Å²) in [5.74, 6) is -1.33. The predicted molar refractivity (Wildman–Crippen MR) is 59.2 cm³/mol. The van der Waals surface area contributed by atoms with Gasteiger partial charge in [0.05, 0.1) is 0 Å². The number of carbonyl (C=O) groups is 1. The number of aryl methyl sites for hydroxylation is 1. The third-order valence-electron chi connectivity index (χ3n) is 2.13. The van der Waals surface area contributed by atoms with Crippen LogP contribution in [0.5, 0.6) is 0 Å². The minimum atomic E-state index is -1.05. The van der Waals surface area contributed by atoms with Crippen LogP contribution in [0.2, 0.25) is 0 Å². The number of hydrogen-bond acceptors (Lipinski definition) is 3. The average molecular weight is 237 g/mol. The Labute approximate surface area is 95.2 Å². The number of rotatable bonds is 2. The predicted octanol–water partition coefficient (Wildman–Crippen LogP) is 2.96. The third kappa shape index (κ3) is 1.94.